The van der Waals surface area contributed by atoms with Crippen LogP contribution in [0, 0.1) is 19.7 Å². The average molecular weight is 282 g/mol. The Morgan fingerprint density at radius 1 is 1.42 bits per heavy atom. The second-order valence-electron chi connectivity index (χ2n) is 4.77. The van der Waals surface area contributed by atoms with Crippen LogP contribution in [0.1, 0.15) is 28.4 Å². The lowest BCUT2D eigenvalue weighted by atomic mass is 9.98. The van der Waals surface area contributed by atoms with Crippen LogP contribution in [0.3, 0.4) is 0 Å². The zero-order valence-electron chi connectivity index (χ0n) is 11.2. The highest BCUT2D eigenvalue weighted by atomic mass is 35.5. The van der Waals surface area contributed by atoms with Crippen molar-refractivity contribution in [2.24, 2.45) is 12.8 Å². The predicted molar refractivity (Wildman–Crippen MR) is 74.7 cm³/mol. The molecule has 0 aliphatic heterocycles. The summed E-state index contributed by atoms with van der Waals surface area (Å²) in [6.07, 6.45) is 0.471. The van der Waals surface area contributed by atoms with Gasteiger partial charge in [-0.15, -0.1) is 0 Å². The summed E-state index contributed by atoms with van der Waals surface area (Å²) in [6.45, 7) is 3.61. The molecule has 19 heavy (non-hydrogen) atoms. The Balaban J connectivity index is 2.31. The fourth-order valence-electron chi connectivity index (χ4n) is 2.19. The molecule has 0 aliphatic rings. The third-order valence-electron chi connectivity index (χ3n) is 3.32. The van der Waals surface area contributed by atoms with Gasteiger partial charge >= 0.3 is 0 Å². The van der Waals surface area contributed by atoms with Crippen molar-refractivity contribution >= 4 is 11.6 Å². The van der Waals surface area contributed by atoms with Crippen LogP contribution in [0.5, 0.6) is 0 Å². The van der Waals surface area contributed by atoms with Gasteiger partial charge in [-0.25, -0.2) is 4.39 Å². The van der Waals surface area contributed by atoms with E-state index < -0.39 is 6.04 Å². The Morgan fingerprint density at radius 3 is 2.68 bits per heavy atom. The van der Waals surface area contributed by atoms with Crippen molar-refractivity contribution in [2.75, 3.05) is 0 Å². The smallest absolute Gasteiger partial charge is 0.130 e. The topological polar surface area (TPSA) is 43.8 Å². The van der Waals surface area contributed by atoms with Crippen LogP contribution in [0.15, 0.2) is 18.2 Å². The monoisotopic (exact) mass is 281 g/mol. The van der Waals surface area contributed by atoms with Crippen LogP contribution in [-0.4, -0.2) is 9.78 Å². The molecule has 5 heteroatoms. The Kier molecular flexibility index (Phi) is 3.92. The van der Waals surface area contributed by atoms with Gasteiger partial charge in [0.2, 0.25) is 0 Å². The lowest BCUT2D eigenvalue weighted by Crippen LogP contribution is -2.16. The fraction of sp³-hybridized carbons (Fsp3) is 0.357. The quantitative estimate of drug-likeness (QED) is 0.940. The Labute approximate surface area is 117 Å². The SMILES string of the molecule is Cc1cccc(C(N)Cc2c(C)nn(C)c2Cl)c1F. The minimum atomic E-state index is -0.430. The maximum absolute atomic E-state index is 14.0. The molecule has 102 valence electrons. The summed E-state index contributed by atoms with van der Waals surface area (Å²) in [6, 6.07) is 4.83. The first-order valence-corrected chi connectivity index (χ1v) is 6.48. The van der Waals surface area contributed by atoms with Crippen molar-refractivity contribution in [3.05, 3.63) is 51.6 Å². The summed E-state index contributed by atoms with van der Waals surface area (Å²) in [5, 5.41) is 4.79. The molecule has 2 rings (SSSR count). The number of halogens is 2. The highest BCUT2D eigenvalue weighted by molar-refractivity contribution is 6.30. The number of nitrogens with two attached hydrogens (primary N) is 1. The molecule has 0 amide bonds. The van der Waals surface area contributed by atoms with Crippen LogP contribution in [-0.2, 0) is 13.5 Å². The zero-order chi connectivity index (χ0) is 14.2. The van der Waals surface area contributed by atoms with Gasteiger partial charge in [-0.2, -0.15) is 5.10 Å². The van der Waals surface area contributed by atoms with Gasteiger partial charge in [-0.05, 0) is 25.8 Å². The van der Waals surface area contributed by atoms with Crippen LogP contribution in [0.2, 0.25) is 5.15 Å². The van der Waals surface area contributed by atoms with Crippen molar-refractivity contribution in [3.8, 4) is 0 Å². The summed E-state index contributed by atoms with van der Waals surface area (Å²) in [4.78, 5) is 0. The molecule has 1 atom stereocenters. The predicted octanol–water partition coefficient (Wildman–Crippen LogP) is 3.07. The number of hydrogen-bond donors (Lipinski definition) is 1. The van der Waals surface area contributed by atoms with Crippen LogP contribution in [0.4, 0.5) is 4.39 Å². The molecule has 0 fully saturated rings. The molecule has 0 radical (unpaired) electrons. The molecule has 1 heterocycles. The van der Waals surface area contributed by atoms with E-state index in [0.29, 0.717) is 22.7 Å². The largest absolute Gasteiger partial charge is 0.324 e. The van der Waals surface area contributed by atoms with E-state index in [0.717, 1.165) is 11.3 Å². The van der Waals surface area contributed by atoms with Gasteiger partial charge in [0.1, 0.15) is 11.0 Å². The number of rotatable bonds is 3. The van der Waals surface area contributed by atoms with Gasteiger partial charge in [0.15, 0.2) is 0 Å². The number of aryl methyl sites for hydroxylation is 3. The van der Waals surface area contributed by atoms with Gasteiger partial charge in [0.25, 0.3) is 0 Å². The lowest BCUT2D eigenvalue weighted by Gasteiger charge is -2.14. The van der Waals surface area contributed by atoms with Crippen molar-refractivity contribution in [2.45, 2.75) is 26.3 Å². The highest BCUT2D eigenvalue weighted by Gasteiger charge is 2.18. The van der Waals surface area contributed by atoms with E-state index in [-0.39, 0.29) is 5.82 Å². The maximum atomic E-state index is 14.0. The molecule has 0 saturated heterocycles. The Morgan fingerprint density at radius 2 is 2.11 bits per heavy atom. The number of nitrogens with zero attached hydrogens (tertiary/aromatic N) is 2. The summed E-state index contributed by atoms with van der Waals surface area (Å²) in [7, 11) is 1.78. The van der Waals surface area contributed by atoms with Crippen LogP contribution >= 0.6 is 11.6 Å². The van der Waals surface area contributed by atoms with Gasteiger partial charge in [-0.3, -0.25) is 4.68 Å². The van der Waals surface area contributed by atoms with Crippen molar-refractivity contribution < 1.29 is 4.39 Å². The summed E-state index contributed by atoms with van der Waals surface area (Å²) in [5.41, 5.74) is 8.92. The second kappa shape index (κ2) is 5.31. The van der Waals surface area contributed by atoms with Gasteiger partial charge < -0.3 is 5.73 Å². The third kappa shape index (κ3) is 2.65. The van der Waals surface area contributed by atoms with Crippen molar-refractivity contribution in [3.63, 3.8) is 0 Å². The van der Waals surface area contributed by atoms with E-state index in [4.69, 9.17) is 17.3 Å². The standard InChI is InChI=1S/C14H17ClFN3/c1-8-5-4-6-10(13(8)16)12(17)7-11-9(2)18-19(3)14(11)15/h4-6,12H,7,17H2,1-3H3. The molecule has 0 spiro atoms. The van der Waals surface area contributed by atoms with Crippen molar-refractivity contribution in [1.82, 2.24) is 9.78 Å². The zero-order valence-corrected chi connectivity index (χ0v) is 12.0. The normalized spacial score (nSPS) is 12.7. The minimum absolute atomic E-state index is 0.243. The molecule has 2 N–H and O–H groups in total. The van der Waals surface area contributed by atoms with Crippen LogP contribution < -0.4 is 5.73 Å². The summed E-state index contributed by atoms with van der Waals surface area (Å²) < 4.78 is 15.6. The second-order valence-corrected chi connectivity index (χ2v) is 5.13. The molecule has 0 saturated carbocycles. The summed E-state index contributed by atoms with van der Waals surface area (Å²) >= 11 is 6.17. The molecule has 2 aromatic rings. The maximum Gasteiger partial charge on any atom is 0.130 e. The molecular weight excluding hydrogens is 265 g/mol. The van der Waals surface area contributed by atoms with E-state index >= 15 is 0 Å². The Bertz CT molecular complexity index is 607. The number of benzene rings is 1. The van der Waals surface area contributed by atoms with E-state index in [1.165, 1.54) is 0 Å². The van der Waals surface area contributed by atoms with E-state index in [1.54, 1.807) is 30.8 Å². The van der Waals surface area contributed by atoms with E-state index in [1.807, 2.05) is 13.0 Å². The minimum Gasteiger partial charge on any atom is -0.324 e. The van der Waals surface area contributed by atoms with E-state index in [2.05, 4.69) is 5.10 Å². The Hall–Kier alpha value is -1.39. The molecule has 1 aromatic carbocycles. The third-order valence-corrected chi connectivity index (χ3v) is 3.79. The number of aromatic nitrogens is 2. The molecule has 1 unspecified atom stereocenters. The first-order valence-electron chi connectivity index (χ1n) is 6.10. The molecule has 1 aromatic heterocycles. The first kappa shape index (κ1) is 14.0. The van der Waals surface area contributed by atoms with Crippen LogP contribution in [0.25, 0.3) is 0 Å². The fourth-order valence-corrected chi connectivity index (χ4v) is 2.44. The highest BCUT2D eigenvalue weighted by Crippen LogP contribution is 2.26. The lowest BCUT2D eigenvalue weighted by molar-refractivity contribution is 0.572. The van der Waals surface area contributed by atoms with E-state index in [9.17, 15) is 4.39 Å². The number of hydrogen-bond acceptors (Lipinski definition) is 2. The van der Waals surface area contributed by atoms with Crippen molar-refractivity contribution in [1.29, 1.82) is 0 Å². The molecule has 3 nitrogen and oxygen atoms in total. The molecule has 0 aliphatic carbocycles. The van der Waals surface area contributed by atoms with Gasteiger partial charge in [0, 0.05) is 24.2 Å². The molecular formula is C14H17ClFN3. The first-order chi connectivity index (χ1) is 8.91. The molecule has 0 bridgehead atoms. The van der Waals surface area contributed by atoms with Gasteiger partial charge in [0.05, 0.1) is 5.69 Å². The van der Waals surface area contributed by atoms with Gasteiger partial charge in [-0.1, -0.05) is 29.8 Å². The average Bonchev–Trinajstić information content (AvgIpc) is 2.59. The summed E-state index contributed by atoms with van der Waals surface area (Å²) in [5.74, 6) is -0.243.